The molecule has 2 aromatic carbocycles. The number of H-pyrrole nitrogens is 1. The van der Waals surface area contributed by atoms with Gasteiger partial charge in [-0.1, -0.05) is 44.2 Å². The van der Waals surface area contributed by atoms with Gasteiger partial charge < -0.3 is 20.1 Å². The molecule has 1 amide bonds. The van der Waals surface area contributed by atoms with Gasteiger partial charge in [0.25, 0.3) is 5.91 Å². The number of hydrogen-bond donors (Lipinski definition) is 3. The van der Waals surface area contributed by atoms with Crippen LogP contribution in [0.5, 0.6) is 5.75 Å². The van der Waals surface area contributed by atoms with Gasteiger partial charge in [0.05, 0.1) is 0 Å². The Morgan fingerprint density at radius 3 is 2.38 bits per heavy atom. The van der Waals surface area contributed by atoms with Gasteiger partial charge in [0.15, 0.2) is 0 Å². The van der Waals surface area contributed by atoms with Crippen molar-refractivity contribution >= 4 is 28.6 Å². The van der Waals surface area contributed by atoms with Crippen molar-refractivity contribution in [3.05, 3.63) is 65.9 Å². The van der Waals surface area contributed by atoms with Crippen LogP contribution in [0.3, 0.4) is 0 Å². The minimum Gasteiger partial charge on any atom is -0.508 e. The number of Topliss-reactive ketones (excluding diaryl/α,β-unsaturated/α-hetero) is 1. The second kappa shape index (κ2) is 10.1. The predicted octanol–water partition coefficient (Wildman–Crippen LogP) is 3.56. The minimum absolute atomic E-state index is 0.0118. The first-order chi connectivity index (χ1) is 15.3. The number of carbonyl (C=O) groups excluding carboxylic acids is 2. The van der Waals surface area contributed by atoms with Gasteiger partial charge in [-0.3, -0.25) is 9.59 Å². The molecule has 0 saturated carbocycles. The molecule has 0 fully saturated rings. The first-order valence-corrected chi connectivity index (χ1v) is 10.7. The van der Waals surface area contributed by atoms with Crippen molar-refractivity contribution in [3.63, 3.8) is 0 Å². The van der Waals surface area contributed by atoms with E-state index in [2.05, 4.69) is 4.98 Å². The molecule has 7 heteroatoms. The number of amides is 1. The Kier molecular flexibility index (Phi) is 7.30. The number of nitrogens with one attached hydrogen (secondary N) is 1. The second-order valence-electron chi connectivity index (χ2n) is 8.35. The van der Waals surface area contributed by atoms with Gasteiger partial charge in [-0.25, -0.2) is 4.79 Å². The molecule has 0 saturated heterocycles. The van der Waals surface area contributed by atoms with E-state index in [-0.39, 0.29) is 31.1 Å². The van der Waals surface area contributed by atoms with Crippen molar-refractivity contribution in [2.75, 3.05) is 6.54 Å². The van der Waals surface area contributed by atoms with E-state index < -0.39 is 23.7 Å². The van der Waals surface area contributed by atoms with Crippen molar-refractivity contribution in [1.82, 2.24) is 9.88 Å². The van der Waals surface area contributed by atoms with Crippen LogP contribution in [0.2, 0.25) is 0 Å². The van der Waals surface area contributed by atoms with E-state index in [0.717, 1.165) is 16.5 Å². The largest absolute Gasteiger partial charge is 0.508 e. The van der Waals surface area contributed by atoms with E-state index in [0.29, 0.717) is 12.0 Å². The normalized spacial score (nSPS) is 12.1. The summed E-state index contributed by atoms with van der Waals surface area (Å²) in [5.41, 5.74) is 2.55. The Balaban J connectivity index is 1.88. The van der Waals surface area contributed by atoms with Crippen LogP contribution in [0.4, 0.5) is 0 Å². The van der Waals surface area contributed by atoms with Crippen molar-refractivity contribution in [3.8, 4) is 5.75 Å². The van der Waals surface area contributed by atoms with E-state index in [4.69, 9.17) is 0 Å². The molecule has 7 nitrogen and oxygen atoms in total. The summed E-state index contributed by atoms with van der Waals surface area (Å²) in [6, 6.07) is 12.7. The molecule has 0 spiro atoms. The number of carboxylic acid groups (broad SMARTS) is 1. The number of hydrogen-bond acceptors (Lipinski definition) is 4. The quantitative estimate of drug-likeness (QED) is 0.421. The lowest BCUT2D eigenvalue weighted by Crippen LogP contribution is -2.50. The van der Waals surface area contributed by atoms with Gasteiger partial charge >= 0.3 is 5.97 Å². The zero-order valence-corrected chi connectivity index (χ0v) is 18.2. The van der Waals surface area contributed by atoms with E-state index in [9.17, 15) is 24.6 Å². The third kappa shape index (κ3) is 5.55. The molecule has 1 aromatic heterocycles. The topological polar surface area (TPSA) is 111 Å². The maximum atomic E-state index is 13.1. The number of ketones is 1. The highest BCUT2D eigenvalue weighted by molar-refractivity contribution is 6.36. The number of fused-ring (bicyclic) bond motifs is 1. The molecule has 3 N–H and O–H groups in total. The summed E-state index contributed by atoms with van der Waals surface area (Å²) in [5.74, 6) is -2.48. The fourth-order valence-corrected chi connectivity index (χ4v) is 3.78. The average Bonchev–Trinajstić information content (AvgIpc) is 3.16. The van der Waals surface area contributed by atoms with Gasteiger partial charge in [-0.15, -0.1) is 0 Å². The minimum atomic E-state index is -1.20. The number of aromatic hydroxyl groups is 1. The molecule has 0 radical (unpaired) electrons. The highest BCUT2D eigenvalue weighted by atomic mass is 16.4. The first kappa shape index (κ1) is 23.1. The monoisotopic (exact) mass is 436 g/mol. The highest BCUT2D eigenvalue weighted by Gasteiger charge is 2.33. The molecule has 1 atom stereocenters. The van der Waals surface area contributed by atoms with Crippen molar-refractivity contribution in [1.29, 1.82) is 0 Å². The summed E-state index contributed by atoms with van der Waals surface area (Å²) >= 11 is 0. The average molecular weight is 437 g/mol. The van der Waals surface area contributed by atoms with E-state index in [1.807, 2.05) is 44.3 Å². The van der Waals surface area contributed by atoms with Gasteiger partial charge in [-0.05, 0) is 41.7 Å². The lowest BCUT2D eigenvalue weighted by atomic mass is 10.0. The van der Waals surface area contributed by atoms with Crippen LogP contribution in [0.15, 0.2) is 54.7 Å². The molecular weight excluding hydrogens is 408 g/mol. The lowest BCUT2D eigenvalue weighted by molar-refractivity contribution is -0.154. The summed E-state index contributed by atoms with van der Waals surface area (Å²) in [6.45, 7) is 3.78. The summed E-state index contributed by atoms with van der Waals surface area (Å²) in [6.07, 6.45) is 2.35. The number of phenols is 1. The third-order valence-electron chi connectivity index (χ3n) is 5.42. The number of aliphatic carboxylic acids is 1. The van der Waals surface area contributed by atoms with Crippen LogP contribution < -0.4 is 0 Å². The van der Waals surface area contributed by atoms with Crippen LogP contribution >= 0.6 is 0 Å². The van der Waals surface area contributed by atoms with Crippen LogP contribution in [-0.2, 0) is 27.2 Å². The number of rotatable bonds is 10. The third-order valence-corrected chi connectivity index (χ3v) is 5.42. The Bertz CT molecular complexity index is 1100. The molecular formula is C25H28N2O5. The fraction of sp³-hybridized carbons (Fsp3) is 0.320. The van der Waals surface area contributed by atoms with E-state index in [1.54, 1.807) is 12.1 Å². The van der Waals surface area contributed by atoms with E-state index in [1.165, 1.54) is 17.0 Å². The zero-order chi connectivity index (χ0) is 23.3. The molecule has 3 rings (SSSR count). The first-order valence-electron chi connectivity index (χ1n) is 10.7. The van der Waals surface area contributed by atoms with Gasteiger partial charge in [0.2, 0.25) is 5.78 Å². The van der Waals surface area contributed by atoms with Crippen molar-refractivity contribution in [2.45, 2.75) is 39.2 Å². The summed E-state index contributed by atoms with van der Waals surface area (Å²) < 4.78 is 0. The standard InChI is InChI=1S/C25H28N2O5/c1-16(2)13-23(29)24(30)27(12-11-18-15-26-21-6-4-3-5-20(18)21)22(25(31)32)14-17-7-9-19(28)10-8-17/h3-10,15-16,22,26,28H,11-14H2,1-2H3,(H,31,32)/t22-/m0/s1. The summed E-state index contributed by atoms with van der Waals surface area (Å²) in [4.78, 5) is 42.2. The SMILES string of the molecule is CC(C)CC(=O)C(=O)N(CCc1c[nH]c2ccccc12)[C@@H](Cc1ccc(O)cc1)C(=O)O. The van der Waals surface area contributed by atoms with Gasteiger partial charge in [0, 0.05) is 36.5 Å². The predicted molar refractivity (Wildman–Crippen MR) is 121 cm³/mol. The van der Waals surface area contributed by atoms with E-state index >= 15 is 0 Å². The number of carbonyl (C=O) groups is 3. The molecule has 0 aliphatic rings. The Morgan fingerprint density at radius 1 is 1.03 bits per heavy atom. The maximum Gasteiger partial charge on any atom is 0.326 e. The fourth-order valence-electron chi connectivity index (χ4n) is 3.78. The van der Waals surface area contributed by atoms with Crippen molar-refractivity contribution < 1.29 is 24.6 Å². The van der Waals surface area contributed by atoms with Crippen molar-refractivity contribution in [2.24, 2.45) is 5.92 Å². The van der Waals surface area contributed by atoms with Crippen LogP contribution in [0.25, 0.3) is 10.9 Å². The summed E-state index contributed by atoms with van der Waals surface area (Å²) in [7, 11) is 0. The number of aromatic amines is 1. The Hall–Kier alpha value is -3.61. The Morgan fingerprint density at radius 2 is 1.72 bits per heavy atom. The molecule has 3 aromatic rings. The number of carboxylic acids is 1. The number of phenolic OH excluding ortho intramolecular Hbond substituents is 1. The molecule has 168 valence electrons. The van der Waals surface area contributed by atoms with Crippen LogP contribution in [0.1, 0.15) is 31.4 Å². The smallest absolute Gasteiger partial charge is 0.326 e. The van der Waals surface area contributed by atoms with Crippen LogP contribution in [-0.4, -0.2) is 50.3 Å². The number of aromatic nitrogens is 1. The number of benzene rings is 2. The zero-order valence-electron chi connectivity index (χ0n) is 18.2. The molecule has 0 bridgehead atoms. The number of para-hydroxylation sites is 1. The molecule has 0 aliphatic heterocycles. The second-order valence-corrected chi connectivity index (χ2v) is 8.35. The molecule has 1 heterocycles. The number of nitrogens with zero attached hydrogens (tertiary/aromatic N) is 1. The summed E-state index contributed by atoms with van der Waals surface area (Å²) in [5, 5.41) is 20.4. The molecule has 0 unspecified atom stereocenters. The maximum absolute atomic E-state index is 13.1. The molecule has 0 aliphatic carbocycles. The van der Waals surface area contributed by atoms with Crippen LogP contribution in [0, 0.1) is 5.92 Å². The van der Waals surface area contributed by atoms with Gasteiger partial charge in [-0.2, -0.15) is 0 Å². The Labute approximate surface area is 186 Å². The highest BCUT2D eigenvalue weighted by Crippen LogP contribution is 2.20. The van der Waals surface area contributed by atoms with Gasteiger partial charge in [0.1, 0.15) is 11.8 Å². The molecule has 32 heavy (non-hydrogen) atoms. The lowest BCUT2D eigenvalue weighted by Gasteiger charge is -2.29.